The molecule has 0 bridgehead atoms. The van der Waals surface area contributed by atoms with E-state index in [-0.39, 0.29) is 6.09 Å². The number of nitrogens with zero attached hydrogens (tertiary/aromatic N) is 1. The molecule has 1 aliphatic rings. The fourth-order valence-electron chi connectivity index (χ4n) is 2.72. The fraction of sp³-hybridized carbons (Fsp3) is 0.688. The van der Waals surface area contributed by atoms with Crippen LogP contribution in [0, 0.1) is 5.92 Å². The Bertz CT molecular complexity index is 451. The zero-order chi connectivity index (χ0) is 15.5. The first-order chi connectivity index (χ1) is 9.85. The molecule has 0 saturated carbocycles. The Morgan fingerprint density at radius 2 is 2.33 bits per heavy atom. The van der Waals surface area contributed by atoms with E-state index in [1.54, 1.807) is 0 Å². The molecular weight excluding hydrogens is 266 g/mol. The maximum Gasteiger partial charge on any atom is 0.407 e. The van der Waals surface area contributed by atoms with Crippen LogP contribution in [-0.2, 0) is 4.74 Å². The molecule has 2 atom stereocenters. The molecule has 118 valence electrons. The number of aromatic amines is 1. The molecule has 5 nitrogen and oxygen atoms in total. The molecule has 0 aromatic carbocycles. The van der Waals surface area contributed by atoms with E-state index in [1.165, 1.54) is 5.69 Å². The van der Waals surface area contributed by atoms with Crippen LogP contribution >= 0.6 is 0 Å². The smallest absolute Gasteiger partial charge is 0.407 e. The fourth-order valence-corrected chi connectivity index (χ4v) is 2.72. The lowest BCUT2D eigenvalue weighted by Gasteiger charge is -2.24. The first-order valence-corrected chi connectivity index (χ1v) is 7.69. The minimum Gasteiger partial charge on any atom is -0.444 e. The number of rotatable bonds is 4. The molecule has 2 rings (SSSR count). The SMILES string of the molecule is C[C@H](c1ccc[nH]1)N1CC[C@H](CNC(=O)OC(C)(C)C)C1. The van der Waals surface area contributed by atoms with E-state index >= 15 is 0 Å². The largest absolute Gasteiger partial charge is 0.444 e. The average molecular weight is 293 g/mol. The molecule has 0 spiro atoms. The molecule has 2 N–H and O–H groups in total. The van der Waals surface area contributed by atoms with Gasteiger partial charge in [0, 0.05) is 31.0 Å². The predicted octanol–water partition coefficient (Wildman–Crippen LogP) is 2.92. The second-order valence-electron chi connectivity index (χ2n) is 6.83. The van der Waals surface area contributed by atoms with Crippen molar-refractivity contribution in [3.8, 4) is 0 Å². The van der Waals surface area contributed by atoms with Gasteiger partial charge in [0.25, 0.3) is 0 Å². The molecule has 0 aliphatic carbocycles. The van der Waals surface area contributed by atoms with E-state index in [1.807, 2.05) is 33.0 Å². The van der Waals surface area contributed by atoms with Gasteiger partial charge < -0.3 is 15.0 Å². The molecular formula is C16H27N3O2. The van der Waals surface area contributed by atoms with Gasteiger partial charge in [-0.15, -0.1) is 0 Å². The van der Waals surface area contributed by atoms with E-state index in [0.29, 0.717) is 18.5 Å². The highest BCUT2D eigenvalue weighted by molar-refractivity contribution is 5.67. The first-order valence-electron chi connectivity index (χ1n) is 7.69. The molecule has 1 aromatic rings. The molecule has 1 saturated heterocycles. The zero-order valence-corrected chi connectivity index (χ0v) is 13.5. The monoisotopic (exact) mass is 293 g/mol. The Kier molecular flexibility index (Phi) is 4.93. The van der Waals surface area contributed by atoms with Crippen LogP contribution in [-0.4, -0.2) is 41.2 Å². The number of H-pyrrole nitrogens is 1. The van der Waals surface area contributed by atoms with Crippen LogP contribution in [0.2, 0.25) is 0 Å². The molecule has 1 aromatic heterocycles. The number of ether oxygens (including phenoxy) is 1. The Balaban J connectivity index is 1.74. The maximum absolute atomic E-state index is 11.7. The normalized spacial score (nSPS) is 21.2. The summed E-state index contributed by atoms with van der Waals surface area (Å²) in [6.45, 7) is 10.6. The number of nitrogens with one attached hydrogen (secondary N) is 2. The number of hydrogen-bond donors (Lipinski definition) is 2. The van der Waals surface area contributed by atoms with Crippen molar-refractivity contribution in [2.75, 3.05) is 19.6 Å². The topological polar surface area (TPSA) is 57.4 Å². The highest BCUT2D eigenvalue weighted by Gasteiger charge is 2.27. The quantitative estimate of drug-likeness (QED) is 0.897. The average Bonchev–Trinajstić information content (AvgIpc) is 3.05. The summed E-state index contributed by atoms with van der Waals surface area (Å²) in [6.07, 6.45) is 2.75. The highest BCUT2D eigenvalue weighted by Crippen LogP contribution is 2.26. The lowest BCUT2D eigenvalue weighted by Crippen LogP contribution is -2.36. The summed E-state index contributed by atoms with van der Waals surface area (Å²) in [5, 5.41) is 2.88. The number of hydrogen-bond acceptors (Lipinski definition) is 3. The Labute approximate surface area is 127 Å². The van der Waals surface area contributed by atoms with E-state index in [4.69, 9.17) is 4.74 Å². The number of carbonyl (C=O) groups is 1. The van der Waals surface area contributed by atoms with Gasteiger partial charge in [-0.05, 0) is 58.7 Å². The summed E-state index contributed by atoms with van der Waals surface area (Å²) in [4.78, 5) is 17.4. The molecule has 1 aliphatic heterocycles. The molecule has 0 radical (unpaired) electrons. The summed E-state index contributed by atoms with van der Waals surface area (Å²) in [7, 11) is 0. The predicted molar refractivity (Wildman–Crippen MR) is 83.1 cm³/mol. The van der Waals surface area contributed by atoms with Crippen LogP contribution in [0.3, 0.4) is 0 Å². The van der Waals surface area contributed by atoms with Gasteiger partial charge in [0.05, 0.1) is 0 Å². The van der Waals surface area contributed by atoms with E-state index in [9.17, 15) is 4.79 Å². The van der Waals surface area contributed by atoms with Crippen molar-refractivity contribution in [2.45, 2.75) is 45.8 Å². The minimum absolute atomic E-state index is 0.321. The summed E-state index contributed by atoms with van der Waals surface area (Å²) in [6, 6.07) is 4.55. The van der Waals surface area contributed by atoms with Gasteiger partial charge in [-0.25, -0.2) is 4.79 Å². The van der Waals surface area contributed by atoms with Crippen molar-refractivity contribution in [1.82, 2.24) is 15.2 Å². The van der Waals surface area contributed by atoms with Crippen LogP contribution in [0.1, 0.15) is 45.9 Å². The van der Waals surface area contributed by atoms with Gasteiger partial charge in [-0.2, -0.15) is 0 Å². The molecule has 2 heterocycles. The van der Waals surface area contributed by atoms with E-state index < -0.39 is 5.60 Å². The Morgan fingerprint density at radius 3 is 2.95 bits per heavy atom. The lowest BCUT2D eigenvalue weighted by atomic mass is 10.1. The van der Waals surface area contributed by atoms with Crippen LogP contribution < -0.4 is 5.32 Å². The van der Waals surface area contributed by atoms with Crippen LogP contribution in [0.15, 0.2) is 18.3 Å². The summed E-state index contributed by atoms with van der Waals surface area (Å²) >= 11 is 0. The number of aromatic nitrogens is 1. The van der Waals surface area contributed by atoms with Crippen molar-refractivity contribution in [1.29, 1.82) is 0 Å². The lowest BCUT2D eigenvalue weighted by molar-refractivity contribution is 0.0519. The van der Waals surface area contributed by atoms with Gasteiger partial charge in [0.15, 0.2) is 0 Å². The van der Waals surface area contributed by atoms with Crippen molar-refractivity contribution in [3.63, 3.8) is 0 Å². The number of carbonyl (C=O) groups excluding carboxylic acids is 1. The number of alkyl carbamates (subject to hydrolysis) is 1. The zero-order valence-electron chi connectivity index (χ0n) is 13.5. The third-order valence-corrected chi connectivity index (χ3v) is 3.87. The van der Waals surface area contributed by atoms with Crippen molar-refractivity contribution in [2.24, 2.45) is 5.92 Å². The van der Waals surface area contributed by atoms with Crippen molar-refractivity contribution >= 4 is 6.09 Å². The third-order valence-electron chi connectivity index (χ3n) is 3.87. The van der Waals surface area contributed by atoms with Gasteiger partial charge in [0.2, 0.25) is 0 Å². The van der Waals surface area contributed by atoms with Gasteiger partial charge >= 0.3 is 6.09 Å². The second-order valence-corrected chi connectivity index (χ2v) is 6.83. The molecule has 1 fully saturated rings. The van der Waals surface area contributed by atoms with Crippen LogP contribution in [0.5, 0.6) is 0 Å². The highest BCUT2D eigenvalue weighted by atomic mass is 16.6. The van der Waals surface area contributed by atoms with Crippen LogP contribution in [0.25, 0.3) is 0 Å². The summed E-state index contributed by atoms with van der Waals surface area (Å²) in [5.74, 6) is 0.495. The van der Waals surface area contributed by atoms with Crippen LogP contribution in [0.4, 0.5) is 4.79 Å². The molecule has 5 heteroatoms. The van der Waals surface area contributed by atoms with Gasteiger partial charge in [-0.3, -0.25) is 4.90 Å². The van der Waals surface area contributed by atoms with Gasteiger partial charge in [0.1, 0.15) is 5.60 Å². The van der Waals surface area contributed by atoms with E-state index in [2.05, 4.69) is 28.2 Å². The standard InChI is InChI=1S/C16H27N3O2/c1-12(14-6-5-8-17-14)19-9-7-13(11-19)10-18-15(20)21-16(2,3)4/h5-6,8,12-13,17H,7,9-11H2,1-4H3,(H,18,20)/t12-,13-/m1/s1. The maximum atomic E-state index is 11.7. The van der Waals surface area contributed by atoms with Crippen molar-refractivity contribution in [3.05, 3.63) is 24.0 Å². The minimum atomic E-state index is -0.437. The van der Waals surface area contributed by atoms with E-state index in [0.717, 1.165) is 19.5 Å². The van der Waals surface area contributed by atoms with Gasteiger partial charge in [-0.1, -0.05) is 0 Å². The third kappa shape index (κ3) is 4.77. The Hall–Kier alpha value is -1.49. The Morgan fingerprint density at radius 1 is 1.57 bits per heavy atom. The molecule has 0 unspecified atom stereocenters. The number of likely N-dealkylation sites (tertiary alicyclic amines) is 1. The number of amides is 1. The summed E-state index contributed by atoms with van der Waals surface area (Å²) in [5.41, 5.74) is 0.809. The first kappa shape index (κ1) is 15.9. The molecule has 1 amide bonds. The summed E-state index contributed by atoms with van der Waals surface area (Å²) < 4.78 is 5.26. The molecule has 21 heavy (non-hydrogen) atoms. The van der Waals surface area contributed by atoms with Crippen molar-refractivity contribution < 1.29 is 9.53 Å². The second kappa shape index (κ2) is 6.52.